The Morgan fingerprint density at radius 1 is 1.50 bits per heavy atom. The topological polar surface area (TPSA) is 21.3 Å². The van der Waals surface area contributed by atoms with Gasteiger partial charge >= 0.3 is 0 Å². The molecule has 1 aliphatic heterocycles. The maximum Gasteiger partial charge on any atom is 0.188 e. The maximum atomic E-state index is 13.4. The average molecular weight is 167 g/mol. The van der Waals surface area contributed by atoms with E-state index in [1.54, 1.807) is 6.07 Å². The van der Waals surface area contributed by atoms with Crippen molar-refractivity contribution in [3.05, 3.63) is 23.5 Å². The quantitative estimate of drug-likeness (QED) is 0.688. The minimum Gasteiger partial charge on any atom is -0.494 e. The van der Waals surface area contributed by atoms with Crippen LogP contribution in [-0.2, 0) is 6.42 Å². The van der Waals surface area contributed by atoms with Crippen molar-refractivity contribution < 1.29 is 9.13 Å². The monoisotopic (exact) mass is 167 g/mol. The molecule has 1 N–H and O–H groups in total. The summed E-state index contributed by atoms with van der Waals surface area (Å²) in [5, 5.41) is 2.99. The van der Waals surface area contributed by atoms with Gasteiger partial charge < -0.3 is 10.1 Å². The van der Waals surface area contributed by atoms with E-state index in [1.807, 2.05) is 6.07 Å². The van der Waals surface area contributed by atoms with Gasteiger partial charge in [-0.15, -0.1) is 0 Å². The van der Waals surface area contributed by atoms with Crippen LogP contribution in [-0.4, -0.2) is 13.7 Å². The summed E-state index contributed by atoms with van der Waals surface area (Å²) in [4.78, 5) is 0. The SMILES string of the molecule is COc1ccc2c(c1F)NCC2. The van der Waals surface area contributed by atoms with Crippen molar-refractivity contribution in [2.45, 2.75) is 6.42 Å². The summed E-state index contributed by atoms with van der Waals surface area (Å²) in [7, 11) is 1.47. The Hall–Kier alpha value is -1.25. The van der Waals surface area contributed by atoms with E-state index < -0.39 is 0 Å². The first-order valence-corrected chi connectivity index (χ1v) is 3.92. The predicted octanol–water partition coefficient (Wildman–Crippen LogP) is 1.80. The zero-order valence-corrected chi connectivity index (χ0v) is 6.86. The van der Waals surface area contributed by atoms with E-state index in [-0.39, 0.29) is 5.82 Å². The molecule has 0 fully saturated rings. The van der Waals surface area contributed by atoms with Crippen molar-refractivity contribution in [2.24, 2.45) is 0 Å². The second kappa shape index (κ2) is 2.66. The van der Waals surface area contributed by atoms with Gasteiger partial charge in [-0.25, -0.2) is 4.39 Å². The second-order valence-corrected chi connectivity index (χ2v) is 2.79. The molecule has 2 rings (SSSR count). The molecule has 2 nitrogen and oxygen atoms in total. The lowest BCUT2D eigenvalue weighted by molar-refractivity contribution is 0.387. The Morgan fingerprint density at radius 2 is 2.33 bits per heavy atom. The number of hydrogen-bond acceptors (Lipinski definition) is 2. The first-order chi connectivity index (χ1) is 5.83. The highest BCUT2D eigenvalue weighted by Crippen LogP contribution is 2.31. The third-order valence-corrected chi connectivity index (χ3v) is 2.11. The number of methoxy groups -OCH3 is 1. The molecule has 0 aromatic heterocycles. The van der Waals surface area contributed by atoms with E-state index in [4.69, 9.17) is 4.74 Å². The summed E-state index contributed by atoms with van der Waals surface area (Å²) in [5.74, 6) is 0.0376. The van der Waals surface area contributed by atoms with Gasteiger partial charge in [0.1, 0.15) is 0 Å². The lowest BCUT2D eigenvalue weighted by Gasteiger charge is -2.05. The first-order valence-electron chi connectivity index (χ1n) is 3.92. The first kappa shape index (κ1) is 7.40. The van der Waals surface area contributed by atoms with Crippen LogP contribution < -0.4 is 10.1 Å². The Labute approximate surface area is 70.3 Å². The molecule has 0 radical (unpaired) electrons. The average Bonchev–Trinajstić information content (AvgIpc) is 2.53. The van der Waals surface area contributed by atoms with Gasteiger partial charge in [-0.1, -0.05) is 6.07 Å². The standard InChI is InChI=1S/C9H10FNO/c1-12-7-3-2-6-4-5-11-9(6)8(7)10/h2-3,11H,4-5H2,1H3. The van der Waals surface area contributed by atoms with Crippen LogP contribution in [0.1, 0.15) is 5.56 Å². The lowest BCUT2D eigenvalue weighted by Crippen LogP contribution is -1.95. The van der Waals surface area contributed by atoms with Crippen molar-refractivity contribution in [2.75, 3.05) is 19.0 Å². The van der Waals surface area contributed by atoms with Crippen LogP contribution in [0.25, 0.3) is 0 Å². The van der Waals surface area contributed by atoms with Gasteiger partial charge in [-0.2, -0.15) is 0 Å². The molecule has 1 heterocycles. The molecule has 0 aliphatic carbocycles. The second-order valence-electron chi connectivity index (χ2n) is 2.79. The van der Waals surface area contributed by atoms with Crippen molar-refractivity contribution in [1.29, 1.82) is 0 Å². The molecule has 64 valence electrons. The zero-order valence-electron chi connectivity index (χ0n) is 6.86. The molecule has 1 aliphatic rings. The fourth-order valence-corrected chi connectivity index (χ4v) is 1.48. The highest BCUT2D eigenvalue weighted by Gasteiger charge is 2.17. The fraction of sp³-hybridized carbons (Fsp3) is 0.333. The number of halogens is 1. The van der Waals surface area contributed by atoms with E-state index >= 15 is 0 Å². The van der Waals surface area contributed by atoms with Crippen LogP contribution >= 0.6 is 0 Å². The van der Waals surface area contributed by atoms with Crippen molar-refractivity contribution in [3.8, 4) is 5.75 Å². The molecule has 1 aromatic carbocycles. The third kappa shape index (κ3) is 0.932. The molecular weight excluding hydrogens is 157 g/mol. The number of rotatable bonds is 1. The van der Waals surface area contributed by atoms with Gasteiger partial charge in [0.15, 0.2) is 11.6 Å². The van der Waals surface area contributed by atoms with Crippen molar-refractivity contribution in [3.63, 3.8) is 0 Å². The molecule has 0 spiro atoms. The van der Waals surface area contributed by atoms with Gasteiger partial charge in [-0.05, 0) is 18.1 Å². The fourth-order valence-electron chi connectivity index (χ4n) is 1.48. The lowest BCUT2D eigenvalue weighted by atomic mass is 10.1. The number of anilines is 1. The van der Waals surface area contributed by atoms with Crippen LogP contribution in [0.4, 0.5) is 10.1 Å². The predicted molar refractivity (Wildman–Crippen MR) is 45.1 cm³/mol. The van der Waals surface area contributed by atoms with Crippen LogP contribution in [0.3, 0.4) is 0 Å². The van der Waals surface area contributed by atoms with Crippen molar-refractivity contribution in [1.82, 2.24) is 0 Å². The number of nitrogens with one attached hydrogen (secondary N) is 1. The Morgan fingerprint density at radius 3 is 3.08 bits per heavy atom. The zero-order chi connectivity index (χ0) is 8.55. The van der Waals surface area contributed by atoms with Crippen LogP contribution in [0.15, 0.2) is 12.1 Å². The van der Waals surface area contributed by atoms with E-state index in [2.05, 4.69) is 5.32 Å². The summed E-state index contributed by atoms with van der Waals surface area (Å²) in [5.41, 5.74) is 1.64. The minimum absolute atomic E-state index is 0.271. The maximum absolute atomic E-state index is 13.4. The highest BCUT2D eigenvalue weighted by molar-refractivity contribution is 5.60. The summed E-state index contributed by atoms with van der Waals surface area (Å²) in [6, 6.07) is 3.57. The van der Waals surface area contributed by atoms with Crippen LogP contribution in [0.5, 0.6) is 5.75 Å². The van der Waals surface area contributed by atoms with Gasteiger partial charge in [0.05, 0.1) is 12.8 Å². The van der Waals surface area contributed by atoms with E-state index in [0.717, 1.165) is 18.5 Å². The van der Waals surface area contributed by atoms with Gasteiger partial charge in [-0.3, -0.25) is 0 Å². The number of ether oxygens (including phenoxy) is 1. The smallest absolute Gasteiger partial charge is 0.188 e. The minimum atomic E-state index is -0.271. The third-order valence-electron chi connectivity index (χ3n) is 2.11. The highest BCUT2D eigenvalue weighted by atomic mass is 19.1. The van der Waals surface area contributed by atoms with Crippen molar-refractivity contribution >= 4 is 5.69 Å². The Kier molecular flexibility index (Phi) is 1.64. The molecule has 1 aromatic rings. The Balaban J connectivity index is 2.54. The number of fused-ring (bicyclic) bond motifs is 1. The van der Waals surface area contributed by atoms with Crippen LogP contribution in [0, 0.1) is 5.82 Å². The van der Waals surface area contributed by atoms with Gasteiger partial charge in [0.2, 0.25) is 0 Å². The Bertz CT molecular complexity index is 312. The molecule has 0 atom stereocenters. The summed E-state index contributed by atoms with van der Waals surface area (Å²) >= 11 is 0. The van der Waals surface area contributed by atoms with Gasteiger partial charge in [0, 0.05) is 6.54 Å². The summed E-state index contributed by atoms with van der Waals surface area (Å²) in [6.07, 6.45) is 0.899. The largest absolute Gasteiger partial charge is 0.494 e. The van der Waals surface area contributed by atoms with Crippen LogP contribution in [0.2, 0.25) is 0 Å². The van der Waals surface area contributed by atoms with E-state index in [1.165, 1.54) is 7.11 Å². The van der Waals surface area contributed by atoms with E-state index in [9.17, 15) is 4.39 Å². The molecule has 0 saturated heterocycles. The summed E-state index contributed by atoms with van der Waals surface area (Å²) in [6.45, 7) is 0.819. The molecule has 0 unspecified atom stereocenters. The van der Waals surface area contributed by atoms with Gasteiger partial charge in [0.25, 0.3) is 0 Å². The number of hydrogen-bond donors (Lipinski definition) is 1. The molecule has 0 amide bonds. The molecule has 3 heteroatoms. The normalized spacial score (nSPS) is 13.8. The molecular formula is C9H10FNO. The molecule has 12 heavy (non-hydrogen) atoms. The molecule has 0 saturated carbocycles. The summed E-state index contributed by atoms with van der Waals surface area (Å²) < 4.78 is 18.2. The number of benzene rings is 1. The molecule has 0 bridgehead atoms. The van der Waals surface area contributed by atoms with E-state index in [0.29, 0.717) is 11.4 Å².